The number of nitrogens with two attached hydrogens (primary N) is 2. The summed E-state index contributed by atoms with van der Waals surface area (Å²) in [6.45, 7) is 5.57. The van der Waals surface area contributed by atoms with Crippen LogP contribution < -0.4 is 11.5 Å². The summed E-state index contributed by atoms with van der Waals surface area (Å²) >= 11 is 1.35. The Morgan fingerprint density at radius 1 is 1.33 bits per heavy atom. The van der Waals surface area contributed by atoms with Crippen molar-refractivity contribution >= 4 is 38.9 Å². The lowest BCUT2D eigenvalue weighted by atomic mass is 10.1. The topological polar surface area (TPSA) is 89.4 Å². The zero-order chi connectivity index (χ0) is 15.7. The number of nitrogen functional groups attached to an aromatic ring is 1. The molecular weight excluding hydrogens is 286 g/mol. The standard InChI is InChI=1S/C15H19N3O2S/c1-8(2)18(7-12(16)19)15(20)14-13(17)10-5-4-9(3)6-11(10)21-14/h4-6,8H,7,17H2,1-3H3,(H2,16,19). The lowest BCUT2D eigenvalue weighted by Crippen LogP contribution is -2.42. The first-order valence-electron chi connectivity index (χ1n) is 6.69. The Morgan fingerprint density at radius 2 is 2.00 bits per heavy atom. The maximum absolute atomic E-state index is 12.6. The number of fused-ring (bicyclic) bond motifs is 1. The van der Waals surface area contributed by atoms with Crippen molar-refractivity contribution in [3.63, 3.8) is 0 Å². The molecule has 5 nitrogen and oxygen atoms in total. The lowest BCUT2D eigenvalue weighted by Gasteiger charge is -2.24. The molecule has 0 aliphatic rings. The summed E-state index contributed by atoms with van der Waals surface area (Å²) in [5.74, 6) is -0.785. The number of anilines is 1. The highest BCUT2D eigenvalue weighted by molar-refractivity contribution is 7.21. The molecule has 0 unspecified atom stereocenters. The molecule has 21 heavy (non-hydrogen) atoms. The predicted molar refractivity (Wildman–Crippen MR) is 86.3 cm³/mol. The van der Waals surface area contributed by atoms with Crippen molar-refractivity contribution in [3.05, 3.63) is 28.6 Å². The number of hydrogen-bond acceptors (Lipinski definition) is 4. The number of aryl methyl sites for hydroxylation is 1. The monoisotopic (exact) mass is 305 g/mol. The number of hydrogen-bond donors (Lipinski definition) is 2. The Bertz CT molecular complexity index is 706. The zero-order valence-corrected chi connectivity index (χ0v) is 13.2. The second-order valence-electron chi connectivity index (χ2n) is 5.34. The molecule has 112 valence electrons. The maximum Gasteiger partial charge on any atom is 0.266 e. The van der Waals surface area contributed by atoms with Crippen molar-refractivity contribution in [1.29, 1.82) is 0 Å². The summed E-state index contributed by atoms with van der Waals surface area (Å²) in [7, 11) is 0. The van der Waals surface area contributed by atoms with Gasteiger partial charge in [0.2, 0.25) is 5.91 Å². The molecule has 1 heterocycles. The van der Waals surface area contributed by atoms with Crippen molar-refractivity contribution in [2.24, 2.45) is 5.73 Å². The number of rotatable bonds is 4. The van der Waals surface area contributed by atoms with Crippen LogP contribution in [0.3, 0.4) is 0 Å². The van der Waals surface area contributed by atoms with E-state index in [0.717, 1.165) is 15.6 Å². The third kappa shape index (κ3) is 3.00. The molecule has 6 heteroatoms. The first-order valence-corrected chi connectivity index (χ1v) is 7.50. The van der Waals surface area contributed by atoms with Crippen molar-refractivity contribution in [2.45, 2.75) is 26.8 Å². The van der Waals surface area contributed by atoms with E-state index >= 15 is 0 Å². The van der Waals surface area contributed by atoms with Gasteiger partial charge in [-0.15, -0.1) is 11.3 Å². The van der Waals surface area contributed by atoms with Crippen LogP contribution in [0, 0.1) is 6.92 Å². The minimum absolute atomic E-state index is 0.108. The fourth-order valence-electron chi connectivity index (χ4n) is 2.17. The second-order valence-corrected chi connectivity index (χ2v) is 6.39. The van der Waals surface area contributed by atoms with Gasteiger partial charge in [-0.05, 0) is 32.4 Å². The molecule has 0 saturated heterocycles. The van der Waals surface area contributed by atoms with E-state index < -0.39 is 5.91 Å². The van der Waals surface area contributed by atoms with E-state index in [1.807, 2.05) is 39.0 Å². The van der Waals surface area contributed by atoms with E-state index in [-0.39, 0.29) is 18.5 Å². The maximum atomic E-state index is 12.6. The molecule has 0 fully saturated rings. The molecular formula is C15H19N3O2S. The molecule has 0 aliphatic heterocycles. The molecule has 0 saturated carbocycles. The third-order valence-corrected chi connectivity index (χ3v) is 4.44. The summed E-state index contributed by atoms with van der Waals surface area (Å²) < 4.78 is 0.971. The van der Waals surface area contributed by atoms with Gasteiger partial charge in [0.25, 0.3) is 5.91 Å². The minimum atomic E-state index is -0.535. The highest BCUT2D eigenvalue weighted by Gasteiger charge is 2.25. The van der Waals surface area contributed by atoms with Crippen molar-refractivity contribution < 1.29 is 9.59 Å². The second kappa shape index (κ2) is 5.73. The van der Waals surface area contributed by atoms with Crippen LogP contribution in [0.15, 0.2) is 18.2 Å². The van der Waals surface area contributed by atoms with Crippen molar-refractivity contribution in [2.75, 3.05) is 12.3 Å². The van der Waals surface area contributed by atoms with Crippen molar-refractivity contribution in [3.8, 4) is 0 Å². The average Bonchev–Trinajstić information content (AvgIpc) is 2.71. The molecule has 2 amide bonds. The minimum Gasteiger partial charge on any atom is -0.397 e. The zero-order valence-electron chi connectivity index (χ0n) is 12.3. The molecule has 0 spiro atoms. The fraction of sp³-hybridized carbons (Fsp3) is 0.333. The van der Waals surface area contributed by atoms with E-state index in [4.69, 9.17) is 11.5 Å². The first-order chi connectivity index (χ1) is 9.81. The van der Waals surface area contributed by atoms with Gasteiger partial charge in [-0.3, -0.25) is 9.59 Å². The molecule has 2 rings (SSSR count). The van der Waals surface area contributed by atoms with E-state index in [9.17, 15) is 9.59 Å². The largest absolute Gasteiger partial charge is 0.397 e. The summed E-state index contributed by atoms with van der Waals surface area (Å²) in [5.41, 5.74) is 12.9. The van der Waals surface area contributed by atoms with Gasteiger partial charge in [-0.25, -0.2) is 0 Å². The SMILES string of the molecule is Cc1ccc2c(N)c(C(=O)N(CC(N)=O)C(C)C)sc2c1. The molecule has 0 atom stereocenters. The van der Waals surface area contributed by atoms with Crippen LogP contribution in [0.25, 0.3) is 10.1 Å². The van der Waals surface area contributed by atoms with E-state index in [1.165, 1.54) is 16.2 Å². The summed E-state index contributed by atoms with van der Waals surface area (Å²) in [6, 6.07) is 5.75. The van der Waals surface area contributed by atoms with E-state index in [0.29, 0.717) is 10.6 Å². The van der Waals surface area contributed by atoms with Crippen molar-refractivity contribution in [1.82, 2.24) is 4.90 Å². The number of thiophene rings is 1. The highest BCUT2D eigenvalue weighted by Crippen LogP contribution is 2.35. The van der Waals surface area contributed by atoms with Gasteiger partial charge in [0.05, 0.1) is 12.2 Å². The molecule has 1 aromatic carbocycles. The fourth-order valence-corrected chi connectivity index (χ4v) is 3.35. The van der Waals surface area contributed by atoms with Gasteiger partial charge in [0, 0.05) is 16.1 Å². The Labute approximate surface area is 127 Å². The van der Waals surface area contributed by atoms with Crippen LogP contribution in [0.4, 0.5) is 5.69 Å². The lowest BCUT2D eigenvalue weighted by molar-refractivity contribution is -0.119. The molecule has 1 aromatic heterocycles. The molecule has 4 N–H and O–H groups in total. The molecule has 0 radical (unpaired) electrons. The Balaban J connectivity index is 2.46. The van der Waals surface area contributed by atoms with Gasteiger partial charge in [0.15, 0.2) is 0 Å². The molecule has 0 bridgehead atoms. The summed E-state index contributed by atoms with van der Waals surface area (Å²) in [4.78, 5) is 25.7. The number of carbonyl (C=O) groups excluding carboxylic acids is 2. The van der Waals surface area contributed by atoms with Crippen LogP contribution in [-0.2, 0) is 4.79 Å². The van der Waals surface area contributed by atoms with E-state index in [1.54, 1.807) is 0 Å². The predicted octanol–water partition coefficient (Wildman–Crippen LogP) is 2.13. The van der Waals surface area contributed by atoms with E-state index in [2.05, 4.69) is 0 Å². The number of carbonyl (C=O) groups is 2. The van der Waals surface area contributed by atoms with Crippen LogP contribution in [0.2, 0.25) is 0 Å². The van der Waals surface area contributed by atoms with Gasteiger partial charge in [-0.1, -0.05) is 12.1 Å². The summed E-state index contributed by atoms with van der Waals surface area (Å²) in [5, 5.41) is 0.872. The Hall–Kier alpha value is -2.08. The van der Waals surface area contributed by atoms with Gasteiger partial charge >= 0.3 is 0 Å². The van der Waals surface area contributed by atoms with Gasteiger partial charge in [-0.2, -0.15) is 0 Å². The Kier molecular flexibility index (Phi) is 4.18. The normalized spacial score (nSPS) is 11.0. The van der Waals surface area contributed by atoms with Crippen LogP contribution in [0.1, 0.15) is 29.1 Å². The molecule has 0 aliphatic carbocycles. The third-order valence-electron chi connectivity index (χ3n) is 3.29. The quantitative estimate of drug-likeness (QED) is 0.906. The van der Waals surface area contributed by atoms with Crippen LogP contribution in [0.5, 0.6) is 0 Å². The molecule has 2 aromatic rings. The van der Waals surface area contributed by atoms with Crippen LogP contribution >= 0.6 is 11.3 Å². The van der Waals surface area contributed by atoms with Gasteiger partial charge in [0.1, 0.15) is 4.88 Å². The number of benzene rings is 1. The first kappa shape index (κ1) is 15.3. The Morgan fingerprint density at radius 3 is 2.57 bits per heavy atom. The number of primary amides is 1. The average molecular weight is 305 g/mol. The number of nitrogens with zero attached hydrogens (tertiary/aromatic N) is 1. The van der Waals surface area contributed by atoms with Gasteiger partial charge < -0.3 is 16.4 Å². The summed E-state index contributed by atoms with van der Waals surface area (Å²) in [6.07, 6.45) is 0. The highest BCUT2D eigenvalue weighted by atomic mass is 32.1. The number of amides is 2. The smallest absolute Gasteiger partial charge is 0.266 e. The van der Waals surface area contributed by atoms with Crippen LogP contribution in [-0.4, -0.2) is 29.3 Å².